The van der Waals surface area contributed by atoms with E-state index < -0.39 is 52.5 Å². The summed E-state index contributed by atoms with van der Waals surface area (Å²) in [5, 5.41) is 14.4. The van der Waals surface area contributed by atoms with E-state index in [1.54, 1.807) is 17.9 Å². The SMILES string of the molecule is CCCN(CCC)C(=O)C1=CC(C)=CC(C(N)=O)([C@H](Cc2cc(F)c(F)c(F)c2)[C@@H](O)CNCc2cccc(C(F)(F)F)c2)C1. The first-order chi connectivity index (χ1) is 21.1. The van der Waals surface area contributed by atoms with Crippen molar-refractivity contribution in [3.8, 4) is 0 Å². The lowest BCUT2D eigenvalue weighted by Crippen LogP contribution is -2.51. The van der Waals surface area contributed by atoms with E-state index >= 15 is 0 Å². The predicted octanol–water partition coefficient (Wildman–Crippen LogP) is 5.83. The van der Waals surface area contributed by atoms with Gasteiger partial charge in [-0.15, -0.1) is 0 Å². The Morgan fingerprint density at radius 3 is 2.22 bits per heavy atom. The van der Waals surface area contributed by atoms with Crippen molar-refractivity contribution >= 4 is 11.8 Å². The molecule has 1 aliphatic carbocycles. The topological polar surface area (TPSA) is 95.7 Å². The molecule has 0 saturated heterocycles. The second kappa shape index (κ2) is 15.1. The molecule has 0 radical (unpaired) electrons. The smallest absolute Gasteiger partial charge is 0.391 e. The normalized spacial score (nSPS) is 18.2. The van der Waals surface area contributed by atoms with E-state index in [1.807, 2.05) is 13.8 Å². The molecule has 246 valence electrons. The van der Waals surface area contributed by atoms with Crippen LogP contribution in [0.3, 0.4) is 0 Å². The highest BCUT2D eigenvalue weighted by Crippen LogP contribution is 2.44. The van der Waals surface area contributed by atoms with Crippen LogP contribution < -0.4 is 11.1 Å². The van der Waals surface area contributed by atoms with Crippen LogP contribution in [0.5, 0.6) is 0 Å². The number of hydrogen-bond donors (Lipinski definition) is 3. The van der Waals surface area contributed by atoms with Crippen LogP contribution in [-0.4, -0.2) is 47.6 Å². The molecular formula is C33H39F6N3O3. The zero-order valence-electron chi connectivity index (χ0n) is 25.5. The van der Waals surface area contributed by atoms with E-state index in [1.165, 1.54) is 18.2 Å². The van der Waals surface area contributed by atoms with E-state index in [2.05, 4.69) is 5.32 Å². The van der Waals surface area contributed by atoms with Gasteiger partial charge in [0.25, 0.3) is 0 Å². The van der Waals surface area contributed by atoms with Crippen LogP contribution in [0.1, 0.15) is 56.7 Å². The number of aliphatic hydroxyl groups excluding tert-OH is 1. The minimum absolute atomic E-state index is 0.0685. The molecule has 2 aromatic rings. The molecular weight excluding hydrogens is 600 g/mol. The minimum Gasteiger partial charge on any atom is -0.391 e. The summed E-state index contributed by atoms with van der Waals surface area (Å²) in [6.45, 7) is 6.08. The van der Waals surface area contributed by atoms with Gasteiger partial charge in [0.2, 0.25) is 11.8 Å². The lowest BCUT2D eigenvalue weighted by atomic mass is 9.63. The number of aliphatic hydroxyl groups is 1. The average Bonchev–Trinajstić information content (AvgIpc) is 2.97. The second-order valence-corrected chi connectivity index (χ2v) is 11.5. The number of allylic oxidation sites excluding steroid dienone is 2. The Morgan fingerprint density at radius 2 is 1.67 bits per heavy atom. The molecule has 0 heterocycles. The van der Waals surface area contributed by atoms with E-state index in [-0.39, 0.29) is 48.5 Å². The third-order valence-electron chi connectivity index (χ3n) is 7.94. The first-order valence-corrected chi connectivity index (χ1v) is 14.8. The largest absolute Gasteiger partial charge is 0.416 e. The minimum atomic E-state index is -4.55. The molecule has 6 nitrogen and oxygen atoms in total. The van der Waals surface area contributed by atoms with Gasteiger partial charge in [0.15, 0.2) is 17.5 Å². The number of amides is 2. The van der Waals surface area contributed by atoms with Crippen molar-refractivity contribution in [2.24, 2.45) is 17.1 Å². The van der Waals surface area contributed by atoms with Crippen LogP contribution in [0.4, 0.5) is 26.3 Å². The first-order valence-electron chi connectivity index (χ1n) is 14.8. The Kier molecular flexibility index (Phi) is 12.0. The Hall–Kier alpha value is -3.64. The summed E-state index contributed by atoms with van der Waals surface area (Å²) in [7, 11) is 0. The van der Waals surface area contributed by atoms with Gasteiger partial charge in [-0.1, -0.05) is 49.8 Å². The summed E-state index contributed by atoms with van der Waals surface area (Å²) in [6.07, 6.45) is -2.04. The molecule has 1 aliphatic rings. The molecule has 1 unspecified atom stereocenters. The maximum absolute atomic E-state index is 14.2. The highest BCUT2D eigenvalue weighted by molar-refractivity contribution is 5.97. The van der Waals surface area contributed by atoms with Crippen LogP contribution in [0, 0.1) is 28.8 Å². The number of carbonyl (C=O) groups excluding carboxylic acids is 2. The fourth-order valence-corrected chi connectivity index (χ4v) is 5.92. The van der Waals surface area contributed by atoms with Gasteiger partial charge in [-0.2, -0.15) is 13.2 Å². The quantitative estimate of drug-likeness (QED) is 0.179. The average molecular weight is 640 g/mol. The van der Waals surface area contributed by atoms with Gasteiger partial charge in [-0.25, -0.2) is 13.2 Å². The highest BCUT2D eigenvalue weighted by atomic mass is 19.4. The third-order valence-corrected chi connectivity index (χ3v) is 7.94. The van der Waals surface area contributed by atoms with Crippen LogP contribution in [0.15, 0.2) is 59.7 Å². The molecule has 45 heavy (non-hydrogen) atoms. The molecule has 0 aromatic heterocycles. The van der Waals surface area contributed by atoms with E-state index in [0.717, 1.165) is 24.3 Å². The van der Waals surface area contributed by atoms with E-state index in [9.17, 15) is 41.0 Å². The van der Waals surface area contributed by atoms with Crippen molar-refractivity contribution in [2.45, 2.75) is 65.3 Å². The van der Waals surface area contributed by atoms with Crippen molar-refractivity contribution in [1.82, 2.24) is 10.2 Å². The van der Waals surface area contributed by atoms with Gasteiger partial charge in [0, 0.05) is 37.7 Å². The lowest BCUT2D eigenvalue weighted by Gasteiger charge is -2.42. The number of nitrogens with zero attached hydrogens (tertiary/aromatic N) is 1. The number of halogens is 6. The maximum atomic E-state index is 14.2. The number of hydrogen-bond acceptors (Lipinski definition) is 4. The number of nitrogens with two attached hydrogens (primary N) is 1. The van der Waals surface area contributed by atoms with Gasteiger partial charge in [-0.05, 0) is 61.9 Å². The van der Waals surface area contributed by atoms with Crippen LogP contribution >= 0.6 is 0 Å². The summed E-state index contributed by atoms with van der Waals surface area (Å²) in [4.78, 5) is 28.6. The molecule has 2 aromatic carbocycles. The van der Waals surface area contributed by atoms with Gasteiger partial charge in [0.1, 0.15) is 0 Å². The summed E-state index contributed by atoms with van der Waals surface area (Å²) in [5.74, 6) is -7.01. The number of benzene rings is 2. The predicted molar refractivity (Wildman–Crippen MR) is 158 cm³/mol. The van der Waals surface area contributed by atoms with Gasteiger partial charge in [0.05, 0.1) is 17.1 Å². The Labute approximate surface area is 259 Å². The van der Waals surface area contributed by atoms with Crippen molar-refractivity contribution in [3.05, 3.63) is 93.8 Å². The first kappa shape index (κ1) is 35.8. The van der Waals surface area contributed by atoms with E-state index in [4.69, 9.17) is 5.73 Å². The molecule has 0 aliphatic heterocycles. The lowest BCUT2D eigenvalue weighted by molar-refractivity contribution is -0.137. The molecule has 12 heteroatoms. The second-order valence-electron chi connectivity index (χ2n) is 11.5. The fourth-order valence-electron chi connectivity index (χ4n) is 5.92. The number of primary amides is 1. The van der Waals surface area contributed by atoms with Crippen molar-refractivity contribution in [1.29, 1.82) is 0 Å². The Balaban J connectivity index is 2.00. The zero-order chi connectivity index (χ0) is 33.5. The molecule has 4 N–H and O–H groups in total. The molecule has 0 saturated carbocycles. The van der Waals surface area contributed by atoms with Crippen LogP contribution in [-0.2, 0) is 28.7 Å². The summed E-state index contributed by atoms with van der Waals surface area (Å²) < 4.78 is 81.7. The molecule has 0 fully saturated rings. The molecule has 0 spiro atoms. The fraction of sp³-hybridized carbons (Fsp3) is 0.455. The number of alkyl halides is 3. The van der Waals surface area contributed by atoms with Gasteiger partial charge >= 0.3 is 6.18 Å². The molecule has 0 bridgehead atoms. The molecule has 2 amide bonds. The summed E-state index contributed by atoms with van der Waals surface area (Å²) in [5.41, 5.74) is 4.40. The molecule has 3 atom stereocenters. The highest BCUT2D eigenvalue weighted by Gasteiger charge is 2.48. The van der Waals surface area contributed by atoms with Crippen LogP contribution in [0.25, 0.3) is 0 Å². The van der Waals surface area contributed by atoms with Gasteiger partial charge in [-0.3, -0.25) is 9.59 Å². The Bertz CT molecular complexity index is 1410. The van der Waals surface area contributed by atoms with Gasteiger partial charge < -0.3 is 21.1 Å². The summed E-state index contributed by atoms with van der Waals surface area (Å²) >= 11 is 0. The number of rotatable bonds is 14. The Morgan fingerprint density at radius 1 is 1.04 bits per heavy atom. The number of nitrogens with one attached hydrogen (secondary N) is 1. The van der Waals surface area contributed by atoms with Crippen molar-refractivity contribution in [2.75, 3.05) is 19.6 Å². The summed E-state index contributed by atoms with van der Waals surface area (Å²) in [6, 6.07) is 6.12. The zero-order valence-corrected chi connectivity index (χ0v) is 25.5. The standard InChI is InChI=1S/C33H39F6N3O3/c1-4-9-42(10-5-2)30(44)23-11-20(3)16-32(17-23,31(40)45)25(13-22-14-26(34)29(36)27(35)15-22)28(43)19-41-18-21-7-6-8-24(12-21)33(37,38)39/h6-8,11-12,14-16,25,28,41,43H,4-5,9-10,13,17-19H2,1-3H3,(H2,40,45)/t25-,28+,32?/m1/s1. The monoisotopic (exact) mass is 639 g/mol. The van der Waals surface area contributed by atoms with Crippen molar-refractivity contribution in [3.63, 3.8) is 0 Å². The number of carbonyl (C=O) groups is 2. The van der Waals surface area contributed by atoms with Crippen LogP contribution in [0.2, 0.25) is 0 Å². The van der Waals surface area contributed by atoms with E-state index in [0.29, 0.717) is 31.5 Å². The van der Waals surface area contributed by atoms with Crippen molar-refractivity contribution < 1.29 is 41.0 Å². The maximum Gasteiger partial charge on any atom is 0.416 e. The third kappa shape index (κ3) is 8.76. The molecule has 3 rings (SSSR count).